The fourth-order valence-corrected chi connectivity index (χ4v) is 3.08. The molecule has 7 nitrogen and oxygen atoms in total. The molecule has 2 amide bonds. The van der Waals surface area contributed by atoms with E-state index in [0.29, 0.717) is 18.8 Å². The summed E-state index contributed by atoms with van der Waals surface area (Å²) in [6, 6.07) is 10.8. The minimum atomic E-state index is -0.257. The van der Waals surface area contributed by atoms with Crippen LogP contribution in [0.1, 0.15) is 19.4 Å². The Kier molecular flexibility index (Phi) is 5.90. The first-order chi connectivity index (χ1) is 13.1. The molecule has 142 valence electrons. The van der Waals surface area contributed by atoms with Gasteiger partial charge in [0.2, 0.25) is 0 Å². The number of rotatable bonds is 5. The number of hydrogen-bond donors (Lipinski definition) is 1. The van der Waals surface area contributed by atoms with Gasteiger partial charge in [-0.1, -0.05) is 12.1 Å². The van der Waals surface area contributed by atoms with Crippen LogP contribution in [0.15, 0.2) is 42.6 Å². The molecule has 0 saturated heterocycles. The van der Waals surface area contributed by atoms with Gasteiger partial charge in [0.15, 0.2) is 5.82 Å². The largest absolute Gasteiger partial charge is 0.466 e. The van der Waals surface area contributed by atoms with Crippen molar-refractivity contribution in [3.63, 3.8) is 0 Å². The summed E-state index contributed by atoms with van der Waals surface area (Å²) in [4.78, 5) is 32.6. The highest BCUT2D eigenvalue weighted by Gasteiger charge is 2.26. The van der Waals surface area contributed by atoms with Gasteiger partial charge in [-0.15, -0.1) is 0 Å². The molecule has 1 aromatic heterocycles. The van der Waals surface area contributed by atoms with E-state index in [4.69, 9.17) is 4.74 Å². The molecule has 27 heavy (non-hydrogen) atoms. The van der Waals surface area contributed by atoms with Gasteiger partial charge in [-0.25, -0.2) is 9.78 Å². The monoisotopic (exact) mass is 368 g/mol. The molecule has 0 spiro atoms. The molecule has 1 aliphatic heterocycles. The number of urea groups is 1. The van der Waals surface area contributed by atoms with Crippen molar-refractivity contribution in [1.29, 1.82) is 0 Å². The molecule has 0 saturated carbocycles. The number of carbonyl (C=O) groups is 2. The van der Waals surface area contributed by atoms with E-state index in [-0.39, 0.29) is 18.4 Å². The molecular formula is C20H24N4O3. The van der Waals surface area contributed by atoms with E-state index >= 15 is 0 Å². The van der Waals surface area contributed by atoms with Crippen LogP contribution in [-0.4, -0.2) is 43.2 Å². The maximum Gasteiger partial charge on any atom is 0.326 e. The predicted molar refractivity (Wildman–Crippen MR) is 105 cm³/mol. The molecule has 7 heteroatoms. The summed E-state index contributed by atoms with van der Waals surface area (Å²) >= 11 is 0. The topological polar surface area (TPSA) is 74.8 Å². The number of likely N-dealkylation sites (N-methyl/N-ethyl adjacent to an activating group) is 1. The number of hydrogen-bond acceptors (Lipinski definition) is 5. The van der Waals surface area contributed by atoms with Crippen LogP contribution in [0.25, 0.3) is 0 Å². The number of pyridine rings is 1. The number of fused-ring (bicyclic) bond motifs is 1. The van der Waals surface area contributed by atoms with Crippen molar-refractivity contribution in [1.82, 2.24) is 4.98 Å². The van der Waals surface area contributed by atoms with Gasteiger partial charge in [-0.2, -0.15) is 0 Å². The zero-order valence-corrected chi connectivity index (χ0v) is 15.6. The highest BCUT2D eigenvalue weighted by atomic mass is 16.5. The Morgan fingerprint density at radius 1 is 1.15 bits per heavy atom. The van der Waals surface area contributed by atoms with Crippen LogP contribution in [0.4, 0.5) is 22.0 Å². The quantitative estimate of drug-likeness (QED) is 0.821. The smallest absolute Gasteiger partial charge is 0.326 e. The van der Waals surface area contributed by atoms with Crippen LogP contribution < -0.4 is 15.1 Å². The normalized spacial score (nSPS) is 13.1. The van der Waals surface area contributed by atoms with Gasteiger partial charge in [-0.3, -0.25) is 9.69 Å². The second-order valence-corrected chi connectivity index (χ2v) is 6.19. The average molecular weight is 368 g/mol. The Morgan fingerprint density at radius 2 is 1.93 bits per heavy atom. The standard InChI is InChI=1S/C20H24N4O3/c1-3-23-12-13-24(17-6-5-11-21-19(17)23)20(26)22-16-9-7-15(8-10-16)14-18(25)27-4-2/h5-11H,3-4,12-14H2,1-2H3,(H,22,26). The lowest BCUT2D eigenvalue weighted by molar-refractivity contribution is -0.142. The molecular weight excluding hydrogens is 344 g/mol. The van der Waals surface area contributed by atoms with E-state index in [2.05, 4.69) is 22.1 Å². The number of nitrogens with one attached hydrogen (secondary N) is 1. The zero-order valence-electron chi connectivity index (χ0n) is 15.6. The van der Waals surface area contributed by atoms with Crippen LogP contribution in [0, 0.1) is 0 Å². The highest BCUT2D eigenvalue weighted by molar-refractivity contribution is 6.04. The first kappa shape index (κ1) is 18.7. The van der Waals surface area contributed by atoms with Gasteiger partial charge in [-0.05, 0) is 43.7 Å². The Labute approximate surface area is 158 Å². The van der Waals surface area contributed by atoms with Crippen molar-refractivity contribution in [2.24, 2.45) is 0 Å². The second kappa shape index (κ2) is 8.53. The van der Waals surface area contributed by atoms with Crippen molar-refractivity contribution in [3.8, 4) is 0 Å². The summed E-state index contributed by atoms with van der Waals surface area (Å²) in [5, 5.41) is 2.92. The van der Waals surface area contributed by atoms with Crippen LogP contribution in [0.2, 0.25) is 0 Å². The summed E-state index contributed by atoms with van der Waals surface area (Å²) in [6.45, 7) is 6.41. The number of esters is 1. The van der Waals surface area contributed by atoms with E-state index in [1.165, 1.54) is 0 Å². The average Bonchev–Trinajstić information content (AvgIpc) is 2.68. The van der Waals surface area contributed by atoms with Gasteiger partial charge in [0.25, 0.3) is 0 Å². The summed E-state index contributed by atoms with van der Waals surface area (Å²) in [5.74, 6) is 0.568. The van der Waals surface area contributed by atoms with Gasteiger partial charge >= 0.3 is 12.0 Å². The maximum absolute atomic E-state index is 12.8. The number of ether oxygens (including phenoxy) is 1. The first-order valence-electron chi connectivity index (χ1n) is 9.15. The Bertz CT molecular complexity index is 807. The molecule has 1 N–H and O–H groups in total. The number of aromatic nitrogens is 1. The summed E-state index contributed by atoms with van der Waals surface area (Å²) < 4.78 is 4.95. The molecule has 1 aromatic carbocycles. The minimum Gasteiger partial charge on any atom is -0.466 e. The summed E-state index contributed by atoms with van der Waals surface area (Å²) in [7, 11) is 0. The van der Waals surface area contributed by atoms with Gasteiger partial charge in [0, 0.05) is 31.5 Å². The van der Waals surface area contributed by atoms with E-state index in [1.54, 1.807) is 30.2 Å². The van der Waals surface area contributed by atoms with Crippen LogP contribution in [0.3, 0.4) is 0 Å². The van der Waals surface area contributed by atoms with Crippen LogP contribution >= 0.6 is 0 Å². The third-order valence-corrected chi connectivity index (χ3v) is 4.44. The zero-order chi connectivity index (χ0) is 19.2. The van der Waals surface area contributed by atoms with Crippen molar-refractivity contribution in [3.05, 3.63) is 48.2 Å². The predicted octanol–water partition coefficient (Wildman–Crippen LogP) is 3.07. The van der Waals surface area contributed by atoms with E-state index in [9.17, 15) is 9.59 Å². The van der Waals surface area contributed by atoms with Gasteiger partial charge in [0.05, 0.1) is 18.7 Å². The SMILES string of the molecule is CCOC(=O)Cc1ccc(NC(=O)N2CCN(CC)c3ncccc32)cc1. The number of amides is 2. The summed E-state index contributed by atoms with van der Waals surface area (Å²) in [5.41, 5.74) is 2.33. The van der Waals surface area contributed by atoms with E-state index in [1.807, 2.05) is 24.3 Å². The molecule has 0 aliphatic carbocycles. The number of carbonyl (C=O) groups excluding carboxylic acids is 2. The van der Waals surface area contributed by atoms with E-state index < -0.39 is 0 Å². The molecule has 0 atom stereocenters. The van der Waals surface area contributed by atoms with Crippen molar-refractivity contribution < 1.29 is 14.3 Å². The number of anilines is 3. The Balaban J connectivity index is 1.68. The van der Waals surface area contributed by atoms with Crippen molar-refractivity contribution in [2.45, 2.75) is 20.3 Å². The molecule has 1 aliphatic rings. The van der Waals surface area contributed by atoms with Crippen LogP contribution in [-0.2, 0) is 16.0 Å². The molecule has 2 aromatic rings. The minimum absolute atomic E-state index is 0.196. The highest BCUT2D eigenvalue weighted by Crippen LogP contribution is 2.30. The van der Waals surface area contributed by atoms with Crippen LogP contribution in [0.5, 0.6) is 0 Å². The van der Waals surface area contributed by atoms with Gasteiger partial charge < -0.3 is 15.0 Å². The molecule has 0 bridgehead atoms. The molecule has 0 fully saturated rings. The van der Waals surface area contributed by atoms with Crippen molar-refractivity contribution >= 4 is 29.2 Å². The first-order valence-corrected chi connectivity index (χ1v) is 9.15. The Hall–Kier alpha value is -3.09. The molecule has 3 rings (SSSR count). The van der Waals surface area contributed by atoms with Crippen molar-refractivity contribution in [2.75, 3.05) is 41.4 Å². The lowest BCUT2D eigenvalue weighted by atomic mass is 10.1. The van der Waals surface area contributed by atoms with E-state index in [0.717, 1.165) is 30.2 Å². The third kappa shape index (κ3) is 4.36. The number of nitrogens with zero attached hydrogens (tertiary/aromatic N) is 3. The Morgan fingerprint density at radius 3 is 2.63 bits per heavy atom. The second-order valence-electron chi connectivity index (χ2n) is 6.19. The maximum atomic E-state index is 12.8. The lowest BCUT2D eigenvalue weighted by Crippen LogP contribution is -2.46. The fraction of sp³-hybridized carbons (Fsp3) is 0.350. The fourth-order valence-electron chi connectivity index (χ4n) is 3.08. The lowest BCUT2D eigenvalue weighted by Gasteiger charge is -2.35. The molecule has 0 radical (unpaired) electrons. The molecule has 2 heterocycles. The third-order valence-electron chi connectivity index (χ3n) is 4.44. The number of benzene rings is 1. The van der Waals surface area contributed by atoms with Gasteiger partial charge in [0.1, 0.15) is 0 Å². The summed E-state index contributed by atoms with van der Waals surface area (Å²) in [6.07, 6.45) is 1.96. The molecule has 0 unspecified atom stereocenters.